The van der Waals surface area contributed by atoms with Crippen LogP contribution in [0.25, 0.3) is 0 Å². The normalized spacial score (nSPS) is 20.8. The van der Waals surface area contributed by atoms with Crippen molar-refractivity contribution in [1.82, 2.24) is 25.3 Å². The van der Waals surface area contributed by atoms with E-state index in [1.165, 1.54) is 0 Å². The zero-order chi connectivity index (χ0) is 20.9. The summed E-state index contributed by atoms with van der Waals surface area (Å²) in [6.45, 7) is 5.48. The van der Waals surface area contributed by atoms with E-state index in [2.05, 4.69) is 20.4 Å². The molecule has 0 radical (unpaired) electrons. The van der Waals surface area contributed by atoms with Gasteiger partial charge in [-0.05, 0) is 51.3 Å². The number of carbonyl (C=O) groups is 2. The summed E-state index contributed by atoms with van der Waals surface area (Å²) >= 11 is 0. The van der Waals surface area contributed by atoms with E-state index < -0.39 is 0 Å². The van der Waals surface area contributed by atoms with Gasteiger partial charge >= 0.3 is 0 Å². The highest BCUT2D eigenvalue weighted by molar-refractivity contribution is 5.92. The van der Waals surface area contributed by atoms with Crippen LogP contribution in [0.4, 0.5) is 0 Å². The quantitative estimate of drug-likeness (QED) is 0.809. The summed E-state index contributed by atoms with van der Waals surface area (Å²) in [5, 5.41) is 6.88. The lowest BCUT2D eigenvalue weighted by Gasteiger charge is -2.41. The van der Waals surface area contributed by atoms with Gasteiger partial charge in [-0.1, -0.05) is 11.2 Å². The van der Waals surface area contributed by atoms with Crippen molar-refractivity contribution in [3.8, 4) is 0 Å². The monoisotopic (exact) mass is 411 g/mol. The van der Waals surface area contributed by atoms with Crippen LogP contribution in [0.2, 0.25) is 0 Å². The second-order valence-corrected chi connectivity index (χ2v) is 8.22. The molecule has 1 N–H and O–H groups in total. The van der Waals surface area contributed by atoms with E-state index in [9.17, 15) is 9.59 Å². The number of amides is 2. The molecule has 2 amide bonds. The van der Waals surface area contributed by atoms with Crippen LogP contribution in [0.15, 0.2) is 35.0 Å². The van der Waals surface area contributed by atoms with Crippen molar-refractivity contribution < 1.29 is 14.1 Å². The molecule has 0 saturated carbocycles. The Morgan fingerprint density at radius 3 is 2.73 bits per heavy atom. The minimum atomic E-state index is -0.0595. The third kappa shape index (κ3) is 4.87. The van der Waals surface area contributed by atoms with Crippen molar-refractivity contribution in [3.63, 3.8) is 0 Å². The largest absolute Gasteiger partial charge is 0.361 e. The molecule has 160 valence electrons. The van der Waals surface area contributed by atoms with Crippen LogP contribution in [-0.2, 0) is 11.3 Å². The second-order valence-electron chi connectivity index (χ2n) is 8.22. The van der Waals surface area contributed by atoms with Gasteiger partial charge in [0.2, 0.25) is 5.91 Å². The van der Waals surface area contributed by atoms with E-state index in [0.717, 1.165) is 44.5 Å². The maximum Gasteiger partial charge on any atom is 0.276 e. The van der Waals surface area contributed by atoms with E-state index in [0.29, 0.717) is 37.1 Å². The lowest BCUT2D eigenvalue weighted by Crippen LogP contribution is -2.51. The maximum absolute atomic E-state index is 12.7. The van der Waals surface area contributed by atoms with Crippen molar-refractivity contribution in [3.05, 3.63) is 47.6 Å². The molecule has 4 heterocycles. The molecule has 0 bridgehead atoms. The Balaban J connectivity index is 1.26. The average Bonchev–Trinajstić information content (AvgIpc) is 3.24. The van der Waals surface area contributed by atoms with Crippen molar-refractivity contribution in [1.29, 1.82) is 0 Å². The summed E-state index contributed by atoms with van der Waals surface area (Å²) in [7, 11) is 0. The first-order chi connectivity index (χ1) is 14.6. The minimum Gasteiger partial charge on any atom is -0.361 e. The van der Waals surface area contributed by atoms with Crippen LogP contribution in [0.1, 0.15) is 47.6 Å². The van der Waals surface area contributed by atoms with E-state index in [4.69, 9.17) is 4.52 Å². The van der Waals surface area contributed by atoms with Gasteiger partial charge in [-0.25, -0.2) is 0 Å². The van der Waals surface area contributed by atoms with Crippen LogP contribution in [0.3, 0.4) is 0 Å². The predicted molar refractivity (Wildman–Crippen MR) is 111 cm³/mol. The Kier molecular flexibility index (Phi) is 6.42. The van der Waals surface area contributed by atoms with E-state index in [-0.39, 0.29) is 17.7 Å². The number of hydrogen-bond acceptors (Lipinski definition) is 6. The zero-order valence-electron chi connectivity index (χ0n) is 17.4. The van der Waals surface area contributed by atoms with Gasteiger partial charge in [0.1, 0.15) is 5.76 Å². The van der Waals surface area contributed by atoms with Crippen LogP contribution < -0.4 is 5.32 Å². The van der Waals surface area contributed by atoms with Crippen molar-refractivity contribution in [2.45, 2.75) is 45.2 Å². The van der Waals surface area contributed by atoms with Crippen LogP contribution in [0.5, 0.6) is 0 Å². The highest BCUT2D eigenvalue weighted by atomic mass is 16.5. The fraction of sp³-hybridized carbons (Fsp3) is 0.545. The summed E-state index contributed by atoms with van der Waals surface area (Å²) in [6, 6.07) is 7.82. The molecule has 0 aliphatic carbocycles. The van der Waals surface area contributed by atoms with Crippen molar-refractivity contribution in [2.24, 2.45) is 5.92 Å². The number of aromatic nitrogens is 2. The van der Waals surface area contributed by atoms with Gasteiger partial charge < -0.3 is 14.7 Å². The first-order valence-corrected chi connectivity index (χ1v) is 10.7. The molecule has 8 nitrogen and oxygen atoms in total. The molecule has 1 atom stereocenters. The Labute approximate surface area is 176 Å². The van der Waals surface area contributed by atoms with Crippen LogP contribution in [-0.4, -0.2) is 64.0 Å². The number of aryl methyl sites for hydroxylation is 1. The zero-order valence-corrected chi connectivity index (χ0v) is 17.4. The molecule has 2 aliphatic rings. The molecule has 2 fully saturated rings. The molecule has 2 saturated heterocycles. The van der Waals surface area contributed by atoms with E-state index in [1.54, 1.807) is 19.2 Å². The fourth-order valence-corrected chi connectivity index (χ4v) is 4.44. The third-order valence-electron chi connectivity index (χ3n) is 6.11. The first kappa shape index (κ1) is 20.5. The number of carbonyl (C=O) groups excluding carboxylic acids is 2. The molecule has 1 unspecified atom stereocenters. The van der Waals surface area contributed by atoms with Gasteiger partial charge in [-0.15, -0.1) is 0 Å². The fourth-order valence-electron chi connectivity index (χ4n) is 4.44. The Bertz CT molecular complexity index is 861. The van der Waals surface area contributed by atoms with Gasteiger partial charge in [0.05, 0.1) is 18.2 Å². The molecule has 4 rings (SSSR count). The lowest BCUT2D eigenvalue weighted by molar-refractivity contribution is -0.127. The summed E-state index contributed by atoms with van der Waals surface area (Å²) < 4.78 is 5.03. The Morgan fingerprint density at radius 1 is 1.20 bits per heavy atom. The number of piperidine rings is 2. The van der Waals surface area contributed by atoms with E-state index >= 15 is 0 Å². The standard InChI is InChI=1S/C22H29N5O3/c1-16-13-20(25-30-16)22(29)26-11-7-19(8-12-26)27-10-4-5-17(15-27)21(28)24-14-18-6-2-3-9-23-18/h2-3,6,9,13,17,19H,4-5,7-8,10-12,14-15H2,1H3,(H,24,28). The lowest BCUT2D eigenvalue weighted by atomic mass is 9.93. The predicted octanol–water partition coefficient (Wildman–Crippen LogP) is 2.01. The summed E-state index contributed by atoms with van der Waals surface area (Å²) in [4.78, 5) is 33.8. The summed E-state index contributed by atoms with van der Waals surface area (Å²) in [5.74, 6) is 0.712. The highest BCUT2D eigenvalue weighted by Gasteiger charge is 2.33. The molecule has 30 heavy (non-hydrogen) atoms. The molecule has 0 spiro atoms. The number of nitrogens with zero attached hydrogens (tertiary/aromatic N) is 4. The molecule has 8 heteroatoms. The highest BCUT2D eigenvalue weighted by Crippen LogP contribution is 2.25. The number of rotatable bonds is 5. The van der Waals surface area contributed by atoms with Gasteiger partial charge in [0, 0.05) is 37.9 Å². The number of pyridine rings is 1. The third-order valence-corrected chi connectivity index (χ3v) is 6.11. The number of nitrogens with one attached hydrogen (secondary N) is 1. The van der Waals surface area contributed by atoms with Crippen LogP contribution >= 0.6 is 0 Å². The minimum absolute atomic E-state index is 0.0141. The summed E-state index contributed by atoms with van der Waals surface area (Å²) in [6.07, 6.45) is 5.53. The average molecular weight is 412 g/mol. The van der Waals surface area contributed by atoms with Gasteiger partial charge in [0.25, 0.3) is 5.91 Å². The smallest absolute Gasteiger partial charge is 0.276 e. The van der Waals surface area contributed by atoms with Gasteiger partial charge in [-0.3, -0.25) is 19.5 Å². The summed E-state index contributed by atoms with van der Waals surface area (Å²) in [5.41, 5.74) is 1.26. The molecule has 2 aromatic heterocycles. The first-order valence-electron chi connectivity index (χ1n) is 10.7. The van der Waals surface area contributed by atoms with E-state index in [1.807, 2.05) is 23.1 Å². The maximum atomic E-state index is 12.7. The van der Waals surface area contributed by atoms with Gasteiger partial charge in [-0.2, -0.15) is 0 Å². The van der Waals surface area contributed by atoms with Gasteiger partial charge in [0.15, 0.2) is 5.69 Å². The molecule has 0 aromatic carbocycles. The Morgan fingerprint density at radius 2 is 2.03 bits per heavy atom. The molecular formula is C22H29N5O3. The number of hydrogen-bond donors (Lipinski definition) is 1. The topological polar surface area (TPSA) is 91.6 Å². The number of likely N-dealkylation sites (tertiary alicyclic amines) is 2. The Hall–Kier alpha value is -2.74. The SMILES string of the molecule is Cc1cc(C(=O)N2CCC(N3CCCC(C(=O)NCc4ccccn4)C3)CC2)no1. The van der Waals surface area contributed by atoms with Crippen molar-refractivity contribution in [2.75, 3.05) is 26.2 Å². The second kappa shape index (κ2) is 9.38. The van der Waals surface area contributed by atoms with Crippen molar-refractivity contribution >= 4 is 11.8 Å². The molecule has 2 aliphatic heterocycles. The molecule has 2 aromatic rings. The molecular weight excluding hydrogens is 382 g/mol. The van der Waals surface area contributed by atoms with Crippen LogP contribution in [0, 0.1) is 12.8 Å².